The molecule has 1 aliphatic carbocycles. The fourth-order valence-corrected chi connectivity index (χ4v) is 2.71. The Balaban J connectivity index is 0.00000147. The molecule has 1 heterocycles. The first kappa shape index (κ1) is 15.3. The van der Waals surface area contributed by atoms with Gasteiger partial charge in [-0.05, 0) is 25.0 Å². The number of rotatable bonds is 5. The third kappa shape index (κ3) is 3.70. The molecule has 0 bridgehead atoms. The summed E-state index contributed by atoms with van der Waals surface area (Å²) in [5, 5.41) is 3.53. The van der Waals surface area contributed by atoms with Crippen LogP contribution in [0.25, 0.3) is 0 Å². The topological polar surface area (TPSA) is 39.7 Å². The molecule has 0 atom stereocenters. The fourth-order valence-electron chi connectivity index (χ4n) is 2.71. The van der Waals surface area contributed by atoms with Crippen molar-refractivity contribution in [2.24, 2.45) is 0 Å². The Morgan fingerprint density at radius 1 is 1.15 bits per heavy atom. The molecule has 0 saturated heterocycles. The Bertz CT molecular complexity index is 422. The van der Waals surface area contributed by atoms with Crippen LogP contribution < -0.4 is 31.9 Å². The quantitative estimate of drug-likeness (QED) is 0.735. The zero-order chi connectivity index (χ0) is 12.9. The van der Waals surface area contributed by atoms with Gasteiger partial charge in [-0.2, -0.15) is 0 Å². The van der Waals surface area contributed by atoms with E-state index in [-0.39, 0.29) is 12.4 Å². The van der Waals surface area contributed by atoms with Gasteiger partial charge < -0.3 is 31.9 Å². The van der Waals surface area contributed by atoms with Crippen molar-refractivity contribution < 1.29 is 26.6 Å². The summed E-state index contributed by atoms with van der Waals surface area (Å²) in [6, 6.07) is 6.47. The van der Waals surface area contributed by atoms with Gasteiger partial charge >= 0.3 is 0 Å². The fraction of sp³-hybridized carbons (Fsp3) is 0.600. The highest BCUT2D eigenvalue weighted by Crippen LogP contribution is 2.38. The van der Waals surface area contributed by atoms with E-state index in [0.29, 0.717) is 25.9 Å². The van der Waals surface area contributed by atoms with Gasteiger partial charge in [-0.15, -0.1) is 0 Å². The summed E-state index contributed by atoms with van der Waals surface area (Å²) in [6.45, 7) is 2.75. The standard InChI is InChI=1S/C15H21NO3.ClH/c1-2-5-12(4-1)16-8-9-17-13-6-3-7-14-15(13)19-11-10-18-14;/h3,6-7,12,16H,1-2,4-5,8-11H2;1H/p-1. The van der Waals surface area contributed by atoms with Crippen LogP contribution in [0.4, 0.5) is 0 Å². The van der Waals surface area contributed by atoms with Crippen molar-refractivity contribution >= 4 is 0 Å². The van der Waals surface area contributed by atoms with Crippen LogP contribution in [-0.4, -0.2) is 32.4 Å². The molecule has 0 unspecified atom stereocenters. The Morgan fingerprint density at radius 2 is 1.95 bits per heavy atom. The van der Waals surface area contributed by atoms with E-state index in [0.717, 1.165) is 23.8 Å². The maximum Gasteiger partial charge on any atom is 0.203 e. The van der Waals surface area contributed by atoms with Crippen LogP contribution >= 0.6 is 0 Å². The van der Waals surface area contributed by atoms with Crippen molar-refractivity contribution in [2.45, 2.75) is 31.7 Å². The van der Waals surface area contributed by atoms with Crippen molar-refractivity contribution in [3.63, 3.8) is 0 Å². The maximum absolute atomic E-state index is 5.80. The van der Waals surface area contributed by atoms with Crippen LogP contribution in [0.1, 0.15) is 25.7 Å². The van der Waals surface area contributed by atoms with E-state index in [2.05, 4.69) is 5.32 Å². The van der Waals surface area contributed by atoms with Gasteiger partial charge in [0.05, 0.1) is 0 Å². The van der Waals surface area contributed by atoms with Gasteiger partial charge in [0.25, 0.3) is 0 Å². The predicted molar refractivity (Wildman–Crippen MR) is 73.2 cm³/mol. The largest absolute Gasteiger partial charge is 1.00 e. The number of para-hydroxylation sites is 1. The molecule has 0 spiro atoms. The molecule has 1 saturated carbocycles. The second kappa shape index (κ2) is 7.60. The molecule has 5 heteroatoms. The summed E-state index contributed by atoms with van der Waals surface area (Å²) >= 11 is 0. The number of benzene rings is 1. The number of ether oxygens (including phenoxy) is 3. The van der Waals surface area contributed by atoms with Gasteiger partial charge in [-0.1, -0.05) is 18.9 Å². The van der Waals surface area contributed by atoms with Gasteiger partial charge in [0.2, 0.25) is 5.75 Å². The van der Waals surface area contributed by atoms with Crippen LogP contribution in [-0.2, 0) is 0 Å². The molecule has 1 N–H and O–H groups in total. The third-order valence-corrected chi connectivity index (χ3v) is 3.68. The molecule has 2 aliphatic rings. The minimum Gasteiger partial charge on any atom is -1.00 e. The maximum atomic E-state index is 5.80. The highest BCUT2D eigenvalue weighted by Gasteiger charge is 2.17. The summed E-state index contributed by atoms with van der Waals surface area (Å²) in [4.78, 5) is 0. The number of hydrogen-bond acceptors (Lipinski definition) is 4. The molecular formula is C15H21ClNO3-. The monoisotopic (exact) mass is 298 g/mol. The lowest BCUT2D eigenvalue weighted by atomic mass is 10.2. The Hall–Kier alpha value is -1.13. The minimum absolute atomic E-state index is 0. The summed E-state index contributed by atoms with van der Waals surface area (Å²) in [7, 11) is 0. The summed E-state index contributed by atoms with van der Waals surface area (Å²) in [5.41, 5.74) is 0. The van der Waals surface area contributed by atoms with Gasteiger partial charge in [0, 0.05) is 12.6 Å². The SMILES string of the molecule is [Cl-].c1cc(OCCNC2CCCC2)c2c(c1)OCCO2. The molecule has 1 aromatic carbocycles. The zero-order valence-corrected chi connectivity index (χ0v) is 12.3. The van der Waals surface area contributed by atoms with Crippen molar-refractivity contribution in [3.05, 3.63) is 18.2 Å². The van der Waals surface area contributed by atoms with E-state index in [1.165, 1.54) is 25.7 Å². The lowest BCUT2D eigenvalue weighted by molar-refractivity contribution is -0.00000488. The molecule has 3 rings (SSSR count). The molecule has 1 aromatic rings. The molecule has 1 fully saturated rings. The van der Waals surface area contributed by atoms with E-state index in [9.17, 15) is 0 Å². The van der Waals surface area contributed by atoms with Crippen LogP contribution in [0, 0.1) is 0 Å². The summed E-state index contributed by atoms with van der Waals surface area (Å²) in [6.07, 6.45) is 5.32. The molecule has 112 valence electrons. The molecular weight excluding hydrogens is 278 g/mol. The first-order valence-electron chi connectivity index (χ1n) is 7.18. The van der Waals surface area contributed by atoms with E-state index >= 15 is 0 Å². The predicted octanol–water partition coefficient (Wildman–Crippen LogP) is -0.627. The number of fused-ring (bicyclic) bond motifs is 1. The van der Waals surface area contributed by atoms with Gasteiger partial charge in [-0.3, -0.25) is 0 Å². The normalized spacial score (nSPS) is 17.6. The van der Waals surface area contributed by atoms with Gasteiger partial charge in [-0.25, -0.2) is 0 Å². The molecule has 0 amide bonds. The minimum atomic E-state index is 0. The second-order valence-corrected chi connectivity index (χ2v) is 5.06. The van der Waals surface area contributed by atoms with Gasteiger partial charge in [0.1, 0.15) is 19.8 Å². The highest BCUT2D eigenvalue weighted by molar-refractivity contribution is 5.51. The molecule has 1 aliphatic heterocycles. The van der Waals surface area contributed by atoms with Crippen LogP contribution in [0.2, 0.25) is 0 Å². The van der Waals surface area contributed by atoms with Crippen molar-refractivity contribution in [2.75, 3.05) is 26.4 Å². The zero-order valence-electron chi connectivity index (χ0n) is 11.6. The van der Waals surface area contributed by atoms with Crippen LogP contribution in [0.3, 0.4) is 0 Å². The van der Waals surface area contributed by atoms with Gasteiger partial charge in [0.15, 0.2) is 11.5 Å². The van der Waals surface area contributed by atoms with E-state index in [4.69, 9.17) is 14.2 Å². The average Bonchev–Trinajstić information content (AvgIpc) is 2.97. The smallest absolute Gasteiger partial charge is 0.203 e. The van der Waals surface area contributed by atoms with Crippen LogP contribution in [0.5, 0.6) is 17.2 Å². The van der Waals surface area contributed by atoms with Crippen LogP contribution in [0.15, 0.2) is 18.2 Å². The molecule has 0 aromatic heterocycles. The van der Waals surface area contributed by atoms with E-state index in [1.54, 1.807) is 0 Å². The average molecular weight is 299 g/mol. The molecule has 4 nitrogen and oxygen atoms in total. The lowest BCUT2D eigenvalue weighted by Gasteiger charge is -2.21. The number of halogens is 1. The van der Waals surface area contributed by atoms with E-state index < -0.39 is 0 Å². The van der Waals surface area contributed by atoms with Crippen molar-refractivity contribution in [3.8, 4) is 17.2 Å². The van der Waals surface area contributed by atoms with Crippen molar-refractivity contribution in [1.29, 1.82) is 0 Å². The van der Waals surface area contributed by atoms with Crippen molar-refractivity contribution in [1.82, 2.24) is 5.32 Å². The molecule has 0 radical (unpaired) electrons. The third-order valence-electron chi connectivity index (χ3n) is 3.68. The molecule has 20 heavy (non-hydrogen) atoms. The second-order valence-electron chi connectivity index (χ2n) is 5.06. The lowest BCUT2D eigenvalue weighted by Crippen LogP contribution is -3.00. The first-order valence-corrected chi connectivity index (χ1v) is 7.18. The number of nitrogens with one attached hydrogen (secondary N) is 1. The highest BCUT2D eigenvalue weighted by atomic mass is 35.5. The van der Waals surface area contributed by atoms with E-state index in [1.807, 2.05) is 18.2 Å². The Morgan fingerprint density at radius 3 is 2.80 bits per heavy atom. The number of hydrogen-bond donors (Lipinski definition) is 1. The summed E-state index contributed by atoms with van der Waals surface area (Å²) < 4.78 is 16.9. The Labute approximate surface area is 126 Å². The Kier molecular flexibility index (Phi) is 5.80. The first-order chi connectivity index (χ1) is 9.43. The summed E-state index contributed by atoms with van der Waals surface area (Å²) in [5.74, 6) is 2.31.